The quantitative estimate of drug-likeness (QED) is 0.422. The molecule has 0 atom stereocenters. The van der Waals surface area contributed by atoms with Crippen LogP contribution in [0.5, 0.6) is 0 Å². The number of piperidine rings is 1. The molecule has 5 rings (SSSR count). The van der Waals surface area contributed by atoms with Gasteiger partial charge in [-0.05, 0) is 72.7 Å². The molecule has 1 saturated heterocycles. The van der Waals surface area contributed by atoms with Crippen LogP contribution in [0.2, 0.25) is 10.0 Å². The van der Waals surface area contributed by atoms with Crippen molar-refractivity contribution < 1.29 is 4.79 Å². The number of halogens is 2. The third-order valence-corrected chi connectivity index (χ3v) is 6.40. The third kappa shape index (κ3) is 4.42. The number of amides is 1. The molecular formula is C23H22Cl2N8O. The number of aromatic amines is 1. The van der Waals surface area contributed by atoms with Gasteiger partial charge in [0.1, 0.15) is 5.82 Å². The van der Waals surface area contributed by atoms with E-state index < -0.39 is 0 Å². The lowest BCUT2D eigenvalue weighted by atomic mass is 10.1. The standard InChI is InChI=1S/C23H22Cl2N8O/c1-14-20(23(34)29-32-11-3-2-4-12-32)26-22(18-10-7-16(24)13-19(18)25)33(14)17-8-5-15(6-9-17)21-27-30-31-28-21/h5-10,13H,2-4,11-12H2,1H3,(H,29,34)(H,27,28,30,31). The lowest BCUT2D eigenvalue weighted by Gasteiger charge is -2.26. The minimum Gasteiger partial charge on any atom is -0.296 e. The Morgan fingerprint density at radius 1 is 1.06 bits per heavy atom. The molecule has 1 fully saturated rings. The number of imidazole rings is 1. The van der Waals surface area contributed by atoms with Crippen LogP contribution in [-0.4, -0.2) is 54.2 Å². The summed E-state index contributed by atoms with van der Waals surface area (Å²) in [7, 11) is 0. The second-order valence-corrected chi connectivity index (χ2v) is 8.96. The van der Waals surface area contributed by atoms with Crippen LogP contribution in [0, 0.1) is 6.92 Å². The van der Waals surface area contributed by atoms with Gasteiger partial charge in [-0.2, -0.15) is 0 Å². The Morgan fingerprint density at radius 3 is 2.50 bits per heavy atom. The highest BCUT2D eigenvalue weighted by Crippen LogP contribution is 2.33. The average Bonchev–Trinajstić information content (AvgIpc) is 3.48. The summed E-state index contributed by atoms with van der Waals surface area (Å²) in [5.41, 5.74) is 6.38. The zero-order valence-corrected chi connectivity index (χ0v) is 19.9. The number of benzene rings is 2. The Morgan fingerprint density at radius 2 is 1.82 bits per heavy atom. The minimum atomic E-state index is -0.242. The highest BCUT2D eigenvalue weighted by Gasteiger charge is 2.24. The van der Waals surface area contributed by atoms with E-state index in [1.165, 1.54) is 6.42 Å². The molecule has 34 heavy (non-hydrogen) atoms. The molecule has 0 unspecified atom stereocenters. The molecule has 4 aromatic rings. The van der Waals surface area contributed by atoms with Gasteiger partial charge in [-0.25, -0.2) is 15.1 Å². The number of nitrogens with zero attached hydrogens (tertiary/aromatic N) is 6. The van der Waals surface area contributed by atoms with Crippen molar-refractivity contribution in [2.24, 2.45) is 0 Å². The van der Waals surface area contributed by atoms with Crippen LogP contribution in [0.1, 0.15) is 35.4 Å². The Kier molecular flexibility index (Phi) is 6.32. The van der Waals surface area contributed by atoms with E-state index in [-0.39, 0.29) is 5.91 Å². The van der Waals surface area contributed by atoms with Crippen LogP contribution < -0.4 is 5.43 Å². The fourth-order valence-corrected chi connectivity index (χ4v) is 4.63. The zero-order valence-electron chi connectivity index (χ0n) is 18.4. The van der Waals surface area contributed by atoms with Gasteiger partial charge in [-0.15, -0.1) is 5.10 Å². The lowest BCUT2D eigenvalue weighted by Crippen LogP contribution is -2.45. The summed E-state index contributed by atoms with van der Waals surface area (Å²) < 4.78 is 1.92. The van der Waals surface area contributed by atoms with E-state index in [1.807, 2.05) is 46.8 Å². The van der Waals surface area contributed by atoms with Gasteiger partial charge in [0.25, 0.3) is 5.91 Å². The molecule has 2 aromatic carbocycles. The molecule has 1 aliphatic rings. The van der Waals surface area contributed by atoms with E-state index in [0.717, 1.165) is 37.2 Å². The van der Waals surface area contributed by atoms with E-state index in [2.05, 4.69) is 26.0 Å². The number of rotatable bonds is 5. The molecule has 2 N–H and O–H groups in total. The maximum atomic E-state index is 13.2. The molecule has 11 heteroatoms. The van der Waals surface area contributed by atoms with Crippen LogP contribution in [0.3, 0.4) is 0 Å². The van der Waals surface area contributed by atoms with Crippen molar-refractivity contribution in [3.8, 4) is 28.5 Å². The van der Waals surface area contributed by atoms with Gasteiger partial charge in [-0.3, -0.25) is 14.8 Å². The molecule has 2 aromatic heterocycles. The first-order chi connectivity index (χ1) is 16.5. The van der Waals surface area contributed by atoms with Gasteiger partial charge in [-0.1, -0.05) is 29.6 Å². The van der Waals surface area contributed by atoms with Gasteiger partial charge in [0, 0.05) is 34.9 Å². The van der Waals surface area contributed by atoms with E-state index in [9.17, 15) is 4.79 Å². The molecule has 9 nitrogen and oxygen atoms in total. The Bertz CT molecular complexity index is 1310. The highest BCUT2D eigenvalue weighted by atomic mass is 35.5. The monoisotopic (exact) mass is 496 g/mol. The Balaban J connectivity index is 1.58. The number of carbonyl (C=O) groups is 1. The Labute approximate surface area is 206 Å². The van der Waals surface area contributed by atoms with Crippen molar-refractivity contribution in [3.05, 3.63) is 63.9 Å². The molecule has 0 aliphatic carbocycles. The predicted molar refractivity (Wildman–Crippen MR) is 130 cm³/mol. The summed E-state index contributed by atoms with van der Waals surface area (Å²) in [6.45, 7) is 3.54. The van der Waals surface area contributed by atoms with Crippen molar-refractivity contribution in [3.63, 3.8) is 0 Å². The molecule has 0 radical (unpaired) electrons. The normalized spacial score (nSPS) is 14.3. The second kappa shape index (κ2) is 9.54. The molecule has 0 saturated carbocycles. The summed E-state index contributed by atoms with van der Waals surface area (Å²) in [6, 6.07) is 12.9. The number of H-pyrrole nitrogens is 1. The van der Waals surface area contributed by atoms with Crippen molar-refractivity contribution >= 4 is 29.1 Å². The van der Waals surface area contributed by atoms with Crippen molar-refractivity contribution in [2.45, 2.75) is 26.2 Å². The summed E-state index contributed by atoms with van der Waals surface area (Å²) in [4.78, 5) is 17.9. The number of nitrogens with one attached hydrogen (secondary N) is 2. The van der Waals surface area contributed by atoms with Gasteiger partial charge in [0.05, 0.1) is 10.7 Å². The number of aromatic nitrogens is 6. The van der Waals surface area contributed by atoms with Gasteiger partial charge in [0.2, 0.25) is 0 Å². The summed E-state index contributed by atoms with van der Waals surface area (Å²) >= 11 is 12.7. The fourth-order valence-electron chi connectivity index (χ4n) is 4.14. The molecule has 1 aliphatic heterocycles. The van der Waals surface area contributed by atoms with Crippen LogP contribution in [0.25, 0.3) is 28.5 Å². The van der Waals surface area contributed by atoms with Gasteiger partial charge >= 0.3 is 0 Å². The number of tetrazole rings is 1. The smallest absolute Gasteiger partial charge is 0.286 e. The summed E-state index contributed by atoms with van der Waals surface area (Å²) in [5.74, 6) is 0.877. The van der Waals surface area contributed by atoms with Crippen molar-refractivity contribution in [1.29, 1.82) is 0 Å². The fraction of sp³-hybridized carbons (Fsp3) is 0.261. The molecule has 1 amide bonds. The third-order valence-electron chi connectivity index (χ3n) is 5.85. The molecule has 0 spiro atoms. The lowest BCUT2D eigenvalue weighted by molar-refractivity contribution is 0.0744. The number of hydrogen-bond donors (Lipinski definition) is 2. The first kappa shape index (κ1) is 22.5. The average molecular weight is 497 g/mol. The molecule has 3 heterocycles. The largest absolute Gasteiger partial charge is 0.296 e. The number of hydrogen-bond acceptors (Lipinski definition) is 6. The predicted octanol–water partition coefficient (Wildman–Crippen LogP) is 4.47. The number of carbonyl (C=O) groups excluding carboxylic acids is 1. The number of hydrazine groups is 1. The first-order valence-corrected chi connectivity index (χ1v) is 11.7. The van der Waals surface area contributed by atoms with E-state index in [0.29, 0.717) is 38.6 Å². The highest BCUT2D eigenvalue weighted by molar-refractivity contribution is 6.36. The van der Waals surface area contributed by atoms with Crippen LogP contribution in [0.4, 0.5) is 0 Å². The second-order valence-electron chi connectivity index (χ2n) is 8.11. The van der Waals surface area contributed by atoms with E-state index in [1.54, 1.807) is 12.1 Å². The first-order valence-electron chi connectivity index (χ1n) is 11.0. The maximum Gasteiger partial charge on any atom is 0.286 e. The van der Waals surface area contributed by atoms with Crippen LogP contribution >= 0.6 is 23.2 Å². The minimum absolute atomic E-state index is 0.242. The SMILES string of the molecule is Cc1c(C(=O)NN2CCCCC2)nc(-c2ccc(Cl)cc2Cl)n1-c1ccc(-c2nnn[nH]2)cc1. The maximum absolute atomic E-state index is 13.2. The van der Waals surface area contributed by atoms with Crippen molar-refractivity contribution in [1.82, 2.24) is 40.6 Å². The van der Waals surface area contributed by atoms with E-state index in [4.69, 9.17) is 28.2 Å². The zero-order chi connectivity index (χ0) is 23.7. The molecule has 174 valence electrons. The van der Waals surface area contributed by atoms with E-state index >= 15 is 0 Å². The topological polar surface area (TPSA) is 105 Å². The van der Waals surface area contributed by atoms with Crippen LogP contribution in [-0.2, 0) is 0 Å². The summed E-state index contributed by atoms with van der Waals surface area (Å²) in [5, 5.41) is 16.9. The molecule has 0 bridgehead atoms. The van der Waals surface area contributed by atoms with Crippen LogP contribution in [0.15, 0.2) is 42.5 Å². The van der Waals surface area contributed by atoms with Crippen molar-refractivity contribution in [2.75, 3.05) is 13.1 Å². The van der Waals surface area contributed by atoms with Gasteiger partial charge < -0.3 is 0 Å². The Hall–Kier alpha value is -3.27. The molecular weight excluding hydrogens is 475 g/mol. The van der Waals surface area contributed by atoms with Gasteiger partial charge in [0.15, 0.2) is 11.5 Å². The summed E-state index contributed by atoms with van der Waals surface area (Å²) in [6.07, 6.45) is 3.30.